The molecule has 1 unspecified atom stereocenters. The first-order valence-electron chi connectivity index (χ1n) is 7.61. The largest absolute Gasteiger partial charge is 0.485 e. The summed E-state index contributed by atoms with van der Waals surface area (Å²) in [7, 11) is 3.96. The zero-order valence-electron chi connectivity index (χ0n) is 12.3. The minimum Gasteiger partial charge on any atom is -0.485 e. The number of fused-ring (bicyclic) bond motifs is 1. The summed E-state index contributed by atoms with van der Waals surface area (Å²) in [6.07, 6.45) is 4.85. The topological polar surface area (TPSA) is 44.8 Å². The van der Waals surface area contributed by atoms with Gasteiger partial charge in [-0.2, -0.15) is 0 Å². The van der Waals surface area contributed by atoms with E-state index >= 15 is 0 Å². The van der Waals surface area contributed by atoms with Gasteiger partial charge in [-0.15, -0.1) is 11.3 Å². The number of hydrogen-bond acceptors (Lipinski definition) is 7. The quantitative estimate of drug-likeness (QED) is 0.414. The lowest BCUT2D eigenvalue weighted by Gasteiger charge is -2.24. The zero-order chi connectivity index (χ0) is 15.2. The summed E-state index contributed by atoms with van der Waals surface area (Å²) in [5, 5.41) is 4.61. The summed E-state index contributed by atoms with van der Waals surface area (Å²) in [5.41, 5.74) is 0. The molecule has 3 rings (SSSR count). The number of hydrogen-bond donors (Lipinski definition) is 0. The third kappa shape index (κ3) is 4.73. The van der Waals surface area contributed by atoms with Gasteiger partial charge in [0.05, 0.1) is 0 Å². The van der Waals surface area contributed by atoms with Crippen LogP contribution in [0.5, 0.6) is 11.5 Å². The predicted molar refractivity (Wildman–Crippen MR) is 92.1 cm³/mol. The normalized spacial score (nSPS) is 23.5. The van der Waals surface area contributed by atoms with E-state index in [0.29, 0.717) is 13.0 Å². The second-order valence-corrected chi connectivity index (χ2v) is 8.94. The Bertz CT molecular complexity index is 485. The molecule has 1 saturated heterocycles. The van der Waals surface area contributed by atoms with Crippen LogP contribution in [0.25, 0.3) is 0 Å². The van der Waals surface area contributed by atoms with Crippen molar-refractivity contribution in [3.63, 3.8) is 0 Å². The lowest BCUT2D eigenvalue weighted by molar-refractivity contribution is -0.147. The molecule has 0 spiro atoms. The summed E-state index contributed by atoms with van der Waals surface area (Å²) in [6.45, 7) is 0.705. The summed E-state index contributed by atoms with van der Waals surface area (Å²) >= 11 is 1.54. The van der Waals surface area contributed by atoms with Crippen molar-refractivity contribution in [3.05, 3.63) is 10.8 Å². The van der Waals surface area contributed by atoms with E-state index < -0.39 is 0 Å². The average Bonchev–Trinajstić information content (AvgIpc) is 3.20. The number of unbranched alkanes of at least 4 members (excludes halogenated alkanes) is 1. The molecule has 0 amide bonds. The number of carbonyl (C=O) groups is 1. The van der Waals surface area contributed by atoms with Gasteiger partial charge in [-0.1, -0.05) is 28.0 Å². The molecule has 2 aliphatic rings. The molecule has 1 aromatic rings. The molecular weight excluding hydrogens is 340 g/mol. The van der Waals surface area contributed by atoms with Crippen molar-refractivity contribution in [2.45, 2.75) is 43.5 Å². The van der Waals surface area contributed by atoms with Gasteiger partial charge in [0.25, 0.3) is 0 Å². The smallest absolute Gasteiger partial charge is 0.305 e. The van der Waals surface area contributed by atoms with Gasteiger partial charge in [0.15, 0.2) is 17.6 Å². The van der Waals surface area contributed by atoms with Gasteiger partial charge in [0, 0.05) is 28.2 Å². The third-order valence-electron chi connectivity index (χ3n) is 3.63. The number of rotatable bonds is 7. The number of carbonyl (C=O) groups excluding carboxylic acids is 1. The maximum Gasteiger partial charge on any atom is 0.305 e. The summed E-state index contributed by atoms with van der Waals surface area (Å²) in [6, 6.07) is 0. The third-order valence-corrected chi connectivity index (χ3v) is 7.33. The molecule has 4 nitrogen and oxygen atoms in total. The van der Waals surface area contributed by atoms with E-state index in [0.717, 1.165) is 29.6 Å². The summed E-state index contributed by atoms with van der Waals surface area (Å²) in [5.74, 6) is 2.68. The summed E-state index contributed by atoms with van der Waals surface area (Å²) in [4.78, 5) is 11.8. The van der Waals surface area contributed by atoms with Crippen LogP contribution in [-0.4, -0.2) is 36.3 Å². The van der Waals surface area contributed by atoms with E-state index in [4.69, 9.17) is 14.2 Å². The van der Waals surface area contributed by atoms with Crippen LogP contribution in [0.2, 0.25) is 0 Å². The highest BCUT2D eigenvalue weighted by molar-refractivity contribution is 8.77. The van der Waals surface area contributed by atoms with Crippen molar-refractivity contribution in [2.24, 2.45) is 0 Å². The Morgan fingerprint density at radius 2 is 2.23 bits per heavy atom. The first kappa shape index (κ1) is 16.3. The SMILES string of the molecule is O=C(CCCC[C@@H]1CCSS1)OCC1COc2cscc2O1. The fourth-order valence-corrected chi connectivity index (χ4v) is 6.11. The number of thiophene rings is 1. The van der Waals surface area contributed by atoms with Gasteiger partial charge in [-0.05, 0) is 19.3 Å². The van der Waals surface area contributed by atoms with E-state index in [1.807, 2.05) is 32.3 Å². The van der Waals surface area contributed by atoms with Gasteiger partial charge in [0.2, 0.25) is 0 Å². The van der Waals surface area contributed by atoms with Crippen LogP contribution < -0.4 is 9.47 Å². The van der Waals surface area contributed by atoms with Crippen molar-refractivity contribution in [2.75, 3.05) is 19.0 Å². The fourth-order valence-electron chi connectivity index (χ4n) is 2.41. The Morgan fingerprint density at radius 3 is 3.09 bits per heavy atom. The average molecular weight is 361 g/mol. The molecule has 0 bridgehead atoms. The van der Waals surface area contributed by atoms with Gasteiger partial charge in [-0.25, -0.2) is 0 Å². The molecule has 22 heavy (non-hydrogen) atoms. The van der Waals surface area contributed by atoms with E-state index in [2.05, 4.69) is 0 Å². The molecule has 3 heterocycles. The zero-order valence-corrected chi connectivity index (χ0v) is 14.8. The highest BCUT2D eigenvalue weighted by Crippen LogP contribution is 2.40. The minimum absolute atomic E-state index is 0.131. The number of ether oxygens (including phenoxy) is 3. The summed E-state index contributed by atoms with van der Waals surface area (Å²) < 4.78 is 16.6. The van der Waals surface area contributed by atoms with Crippen molar-refractivity contribution in [1.29, 1.82) is 0 Å². The lowest BCUT2D eigenvalue weighted by Crippen LogP contribution is -2.33. The first-order chi connectivity index (χ1) is 10.8. The molecule has 1 fully saturated rings. The second kappa shape index (κ2) is 8.36. The fraction of sp³-hybridized carbons (Fsp3) is 0.667. The number of esters is 1. The maximum atomic E-state index is 11.8. The highest BCUT2D eigenvalue weighted by atomic mass is 33.1. The first-order valence-corrected chi connectivity index (χ1v) is 10.9. The Morgan fingerprint density at radius 1 is 1.32 bits per heavy atom. The molecule has 122 valence electrons. The van der Waals surface area contributed by atoms with E-state index in [1.54, 1.807) is 11.3 Å². The van der Waals surface area contributed by atoms with Gasteiger partial charge < -0.3 is 14.2 Å². The molecule has 0 aromatic carbocycles. The molecule has 0 aliphatic carbocycles. The van der Waals surface area contributed by atoms with E-state index in [9.17, 15) is 4.79 Å². The van der Waals surface area contributed by atoms with Crippen LogP contribution in [0.15, 0.2) is 10.8 Å². The van der Waals surface area contributed by atoms with Crippen LogP contribution in [0.3, 0.4) is 0 Å². The standard InChI is InChI=1S/C15H20O4S3/c16-15(4-2-1-3-12-5-6-21-22-12)18-8-11-7-17-13-9-20-10-14(13)19-11/h9-12H,1-8H2/t11?,12-/m1/s1. The predicted octanol–water partition coefficient (Wildman–Crippen LogP) is 4.15. The minimum atomic E-state index is -0.196. The molecule has 2 aliphatic heterocycles. The van der Waals surface area contributed by atoms with Gasteiger partial charge in [0.1, 0.15) is 13.2 Å². The molecule has 7 heteroatoms. The van der Waals surface area contributed by atoms with Crippen molar-refractivity contribution in [1.82, 2.24) is 0 Å². The lowest BCUT2D eigenvalue weighted by atomic mass is 10.1. The molecule has 0 radical (unpaired) electrons. The van der Waals surface area contributed by atoms with E-state index in [1.165, 1.54) is 18.6 Å². The van der Waals surface area contributed by atoms with E-state index in [-0.39, 0.29) is 18.7 Å². The molecule has 0 saturated carbocycles. The molecule has 0 N–H and O–H groups in total. The van der Waals surface area contributed by atoms with Crippen LogP contribution in [-0.2, 0) is 9.53 Å². The van der Waals surface area contributed by atoms with Crippen LogP contribution >= 0.6 is 32.9 Å². The monoisotopic (exact) mass is 360 g/mol. The Labute approximate surface area is 142 Å². The maximum absolute atomic E-state index is 11.8. The highest BCUT2D eigenvalue weighted by Gasteiger charge is 2.23. The molecular formula is C15H20O4S3. The molecule has 1 aromatic heterocycles. The van der Waals surface area contributed by atoms with Crippen molar-refractivity contribution in [3.8, 4) is 11.5 Å². The van der Waals surface area contributed by atoms with Crippen molar-refractivity contribution < 1.29 is 19.0 Å². The Hall–Kier alpha value is -0.530. The Balaban J connectivity index is 1.26. The van der Waals surface area contributed by atoms with Gasteiger partial charge in [-0.3, -0.25) is 4.79 Å². The molecule has 2 atom stereocenters. The Kier molecular flexibility index (Phi) is 6.20. The van der Waals surface area contributed by atoms with Crippen LogP contribution in [0, 0.1) is 0 Å². The second-order valence-electron chi connectivity index (χ2n) is 5.41. The van der Waals surface area contributed by atoms with Crippen LogP contribution in [0.1, 0.15) is 32.1 Å². The van der Waals surface area contributed by atoms with Crippen molar-refractivity contribution >= 4 is 38.9 Å². The van der Waals surface area contributed by atoms with Crippen LogP contribution in [0.4, 0.5) is 0 Å². The van der Waals surface area contributed by atoms with Gasteiger partial charge >= 0.3 is 5.97 Å².